The first-order valence-corrected chi connectivity index (χ1v) is 6.60. The Kier molecular flexibility index (Phi) is 3.75. The van der Waals surface area contributed by atoms with Gasteiger partial charge >= 0.3 is 0 Å². The first-order valence-electron chi connectivity index (χ1n) is 6.60. The van der Waals surface area contributed by atoms with Crippen LogP contribution in [0.4, 0.5) is 5.82 Å². The summed E-state index contributed by atoms with van der Waals surface area (Å²) >= 11 is 0. The van der Waals surface area contributed by atoms with Crippen molar-refractivity contribution in [2.24, 2.45) is 11.7 Å². The number of hydrogen-bond acceptors (Lipinski definition) is 4. The van der Waals surface area contributed by atoms with Crippen molar-refractivity contribution in [3.05, 3.63) is 22.9 Å². The molecule has 0 saturated heterocycles. The van der Waals surface area contributed by atoms with E-state index in [0.29, 0.717) is 11.5 Å². The maximum absolute atomic E-state index is 9.34. The van der Waals surface area contributed by atoms with Crippen LogP contribution in [-0.2, 0) is 0 Å². The summed E-state index contributed by atoms with van der Waals surface area (Å²) in [6.45, 7) is 4.74. The predicted molar refractivity (Wildman–Crippen MR) is 76.7 cm³/mol. The van der Waals surface area contributed by atoms with Gasteiger partial charge in [0.15, 0.2) is 0 Å². The molecule has 1 saturated carbocycles. The number of nitrogen functional groups attached to an aromatic ring is 1. The van der Waals surface area contributed by atoms with Crippen LogP contribution in [0.2, 0.25) is 0 Å². The van der Waals surface area contributed by atoms with Crippen LogP contribution in [-0.4, -0.2) is 35.6 Å². The Morgan fingerprint density at radius 2 is 2.16 bits per heavy atom. The maximum Gasteiger partial charge on any atom is 0.139 e. The Labute approximate surface area is 114 Å². The van der Waals surface area contributed by atoms with Gasteiger partial charge in [-0.25, -0.2) is 4.98 Å². The highest BCUT2D eigenvalue weighted by Gasteiger charge is 2.29. The monoisotopic (exact) mass is 262 g/mol. The van der Waals surface area contributed by atoms with Crippen LogP contribution < -0.4 is 10.6 Å². The third-order valence-corrected chi connectivity index (χ3v) is 3.70. The third kappa shape index (κ3) is 2.87. The highest BCUT2D eigenvalue weighted by molar-refractivity contribution is 6.01. The zero-order valence-corrected chi connectivity index (χ0v) is 11.8. The number of nitrogens with two attached hydrogens (primary N) is 1. The Hall–Kier alpha value is -1.62. The fourth-order valence-corrected chi connectivity index (χ4v) is 2.75. The SMILES string of the molecule is Cc1cc(C)c(C(=N)N)c(N(C)CC2CC(O)C2)n1. The number of rotatable bonds is 4. The van der Waals surface area contributed by atoms with Gasteiger partial charge in [0.25, 0.3) is 0 Å². The zero-order chi connectivity index (χ0) is 14.2. The van der Waals surface area contributed by atoms with Gasteiger partial charge in [-0.1, -0.05) is 0 Å². The summed E-state index contributed by atoms with van der Waals surface area (Å²) in [7, 11) is 1.97. The molecule has 0 unspecified atom stereocenters. The predicted octanol–water partition coefficient (Wildman–Crippen LogP) is 1.19. The summed E-state index contributed by atoms with van der Waals surface area (Å²) in [6, 6.07) is 1.95. The van der Waals surface area contributed by atoms with Crippen LogP contribution in [0.3, 0.4) is 0 Å². The quantitative estimate of drug-likeness (QED) is 0.562. The summed E-state index contributed by atoms with van der Waals surface area (Å²) in [5.74, 6) is 1.33. The van der Waals surface area contributed by atoms with E-state index in [2.05, 4.69) is 4.98 Å². The molecule has 5 nitrogen and oxygen atoms in total. The minimum atomic E-state index is -0.141. The smallest absolute Gasteiger partial charge is 0.139 e. The Morgan fingerprint density at radius 3 is 2.68 bits per heavy atom. The normalized spacial score (nSPS) is 21.9. The molecule has 0 amide bonds. The number of aryl methyl sites for hydroxylation is 2. The molecule has 0 aliphatic heterocycles. The van der Waals surface area contributed by atoms with Gasteiger partial charge < -0.3 is 15.7 Å². The lowest BCUT2D eigenvalue weighted by Crippen LogP contribution is -2.38. The number of aliphatic hydroxyl groups excluding tert-OH is 1. The van der Waals surface area contributed by atoms with Crippen LogP contribution in [0.25, 0.3) is 0 Å². The number of pyridine rings is 1. The number of anilines is 1. The van der Waals surface area contributed by atoms with E-state index in [1.54, 1.807) is 0 Å². The third-order valence-electron chi connectivity index (χ3n) is 3.70. The van der Waals surface area contributed by atoms with Crippen molar-refractivity contribution in [2.45, 2.75) is 32.8 Å². The standard InChI is InChI=1S/C14H22N4O/c1-8-4-9(2)17-14(12(8)13(15)16)18(3)7-10-5-11(19)6-10/h4,10-11,19H,5-7H2,1-3H3,(H3,15,16). The zero-order valence-electron chi connectivity index (χ0n) is 11.8. The van der Waals surface area contributed by atoms with Gasteiger partial charge in [-0.05, 0) is 44.2 Å². The van der Waals surface area contributed by atoms with E-state index in [-0.39, 0.29) is 11.9 Å². The summed E-state index contributed by atoms with van der Waals surface area (Å²) in [4.78, 5) is 6.58. The molecule has 0 spiro atoms. The lowest BCUT2D eigenvalue weighted by Gasteiger charge is -2.35. The number of nitrogens with one attached hydrogen (secondary N) is 1. The lowest BCUT2D eigenvalue weighted by molar-refractivity contribution is 0.0464. The molecule has 1 aromatic heterocycles. The van der Waals surface area contributed by atoms with E-state index in [4.69, 9.17) is 11.1 Å². The molecule has 0 atom stereocenters. The Morgan fingerprint density at radius 1 is 1.53 bits per heavy atom. The fraction of sp³-hybridized carbons (Fsp3) is 0.571. The number of nitrogens with zero attached hydrogens (tertiary/aromatic N) is 2. The molecule has 4 N–H and O–H groups in total. The van der Waals surface area contributed by atoms with Gasteiger partial charge in [-0.2, -0.15) is 0 Å². The van der Waals surface area contributed by atoms with Crippen LogP contribution >= 0.6 is 0 Å². The molecule has 5 heteroatoms. The van der Waals surface area contributed by atoms with E-state index in [9.17, 15) is 5.11 Å². The molecule has 104 valence electrons. The van der Waals surface area contributed by atoms with Crippen molar-refractivity contribution in [3.8, 4) is 0 Å². The average molecular weight is 262 g/mol. The van der Waals surface area contributed by atoms with E-state index in [1.807, 2.05) is 31.9 Å². The number of aliphatic hydroxyl groups is 1. The van der Waals surface area contributed by atoms with Gasteiger partial charge in [0.05, 0.1) is 11.7 Å². The minimum absolute atomic E-state index is 0.0560. The van der Waals surface area contributed by atoms with Gasteiger partial charge in [0, 0.05) is 19.3 Å². The molecule has 1 fully saturated rings. The molecule has 1 aliphatic rings. The highest BCUT2D eigenvalue weighted by Crippen LogP contribution is 2.30. The van der Waals surface area contributed by atoms with Crippen molar-refractivity contribution in [2.75, 3.05) is 18.5 Å². The Bertz CT molecular complexity index is 494. The van der Waals surface area contributed by atoms with Crippen LogP contribution in [0.15, 0.2) is 6.07 Å². The molecular formula is C14H22N4O. The summed E-state index contributed by atoms with van der Waals surface area (Å²) < 4.78 is 0. The van der Waals surface area contributed by atoms with Crippen molar-refractivity contribution in [3.63, 3.8) is 0 Å². The van der Waals surface area contributed by atoms with E-state index < -0.39 is 0 Å². The first kappa shape index (κ1) is 13.8. The summed E-state index contributed by atoms with van der Waals surface area (Å²) in [5, 5.41) is 17.1. The van der Waals surface area contributed by atoms with Crippen molar-refractivity contribution in [1.82, 2.24) is 4.98 Å². The minimum Gasteiger partial charge on any atom is -0.393 e. The molecule has 19 heavy (non-hydrogen) atoms. The van der Waals surface area contributed by atoms with Crippen LogP contribution in [0, 0.1) is 25.2 Å². The highest BCUT2D eigenvalue weighted by atomic mass is 16.3. The molecule has 1 heterocycles. The number of amidine groups is 1. The largest absolute Gasteiger partial charge is 0.393 e. The molecule has 0 aromatic carbocycles. The van der Waals surface area contributed by atoms with Crippen LogP contribution in [0.1, 0.15) is 29.7 Å². The maximum atomic E-state index is 9.34. The van der Waals surface area contributed by atoms with Gasteiger partial charge in [-0.3, -0.25) is 5.41 Å². The second kappa shape index (κ2) is 5.17. The fourth-order valence-electron chi connectivity index (χ4n) is 2.75. The number of aromatic nitrogens is 1. The summed E-state index contributed by atoms with van der Waals surface area (Å²) in [5.41, 5.74) is 8.31. The molecule has 0 radical (unpaired) electrons. The topological polar surface area (TPSA) is 86.2 Å². The van der Waals surface area contributed by atoms with Crippen molar-refractivity contribution in [1.29, 1.82) is 5.41 Å². The van der Waals surface area contributed by atoms with Gasteiger partial charge in [0.2, 0.25) is 0 Å². The Balaban J connectivity index is 2.24. The summed E-state index contributed by atoms with van der Waals surface area (Å²) in [6.07, 6.45) is 1.56. The second-order valence-electron chi connectivity index (χ2n) is 5.56. The molecule has 1 aliphatic carbocycles. The van der Waals surface area contributed by atoms with Crippen LogP contribution in [0.5, 0.6) is 0 Å². The van der Waals surface area contributed by atoms with Crippen molar-refractivity contribution >= 4 is 11.7 Å². The molecule has 2 rings (SSSR count). The first-order chi connectivity index (χ1) is 8.88. The van der Waals surface area contributed by atoms with E-state index in [0.717, 1.165) is 36.5 Å². The van der Waals surface area contributed by atoms with Gasteiger partial charge in [0.1, 0.15) is 11.7 Å². The second-order valence-corrected chi connectivity index (χ2v) is 5.56. The lowest BCUT2D eigenvalue weighted by atomic mass is 9.82. The molecule has 1 aromatic rings. The molecule has 0 bridgehead atoms. The van der Waals surface area contributed by atoms with Gasteiger partial charge in [-0.15, -0.1) is 0 Å². The van der Waals surface area contributed by atoms with E-state index in [1.165, 1.54) is 0 Å². The molecular weight excluding hydrogens is 240 g/mol. The average Bonchev–Trinajstić information content (AvgIpc) is 2.24. The van der Waals surface area contributed by atoms with Crippen molar-refractivity contribution < 1.29 is 5.11 Å². The number of hydrogen-bond donors (Lipinski definition) is 3. The van der Waals surface area contributed by atoms with E-state index >= 15 is 0 Å².